The van der Waals surface area contributed by atoms with Crippen LogP contribution in [0.25, 0.3) is 0 Å². The fourth-order valence-corrected chi connectivity index (χ4v) is 4.14. The number of carbonyl (C=O) groups is 1. The zero-order valence-corrected chi connectivity index (χ0v) is 12.8. The Bertz CT molecular complexity index is 550. The Morgan fingerprint density at radius 3 is 2.91 bits per heavy atom. The SMILES string of the molecule is Cc1nonc1CC(=O)NC1C2CCOC2C1N1CCCC1. The van der Waals surface area contributed by atoms with E-state index in [0.29, 0.717) is 29.5 Å². The molecule has 1 aromatic heterocycles. The Hall–Kier alpha value is -1.47. The van der Waals surface area contributed by atoms with Crippen LogP contribution in [0.15, 0.2) is 4.63 Å². The minimum Gasteiger partial charge on any atom is -0.376 e. The molecular formula is C15H22N4O3. The molecule has 3 fully saturated rings. The second kappa shape index (κ2) is 5.62. The van der Waals surface area contributed by atoms with Gasteiger partial charge in [0.2, 0.25) is 5.91 Å². The van der Waals surface area contributed by atoms with Gasteiger partial charge in [-0.25, -0.2) is 4.63 Å². The first-order valence-electron chi connectivity index (χ1n) is 8.17. The molecule has 4 unspecified atom stereocenters. The summed E-state index contributed by atoms with van der Waals surface area (Å²) in [5.41, 5.74) is 1.30. The Kier molecular flexibility index (Phi) is 3.62. The quantitative estimate of drug-likeness (QED) is 0.861. The van der Waals surface area contributed by atoms with Crippen molar-refractivity contribution in [3.05, 3.63) is 11.4 Å². The topological polar surface area (TPSA) is 80.5 Å². The average molecular weight is 306 g/mol. The zero-order valence-electron chi connectivity index (χ0n) is 12.8. The number of ether oxygens (including phenoxy) is 1. The zero-order chi connectivity index (χ0) is 15.1. The number of hydrogen-bond donors (Lipinski definition) is 1. The summed E-state index contributed by atoms with van der Waals surface area (Å²) < 4.78 is 10.5. The third-order valence-corrected chi connectivity index (χ3v) is 5.31. The Balaban J connectivity index is 1.41. The molecule has 1 N–H and O–H groups in total. The normalized spacial score (nSPS) is 34.4. The van der Waals surface area contributed by atoms with E-state index in [4.69, 9.17) is 4.74 Å². The fraction of sp³-hybridized carbons (Fsp3) is 0.800. The summed E-state index contributed by atoms with van der Waals surface area (Å²) >= 11 is 0. The van der Waals surface area contributed by atoms with Gasteiger partial charge in [0.15, 0.2) is 0 Å². The van der Waals surface area contributed by atoms with Gasteiger partial charge in [-0.2, -0.15) is 0 Å². The predicted molar refractivity (Wildman–Crippen MR) is 77.1 cm³/mol. The molecule has 22 heavy (non-hydrogen) atoms. The number of aryl methyl sites for hydroxylation is 1. The molecule has 3 aliphatic rings. The Morgan fingerprint density at radius 2 is 2.18 bits per heavy atom. The number of carbonyl (C=O) groups excluding carboxylic acids is 1. The van der Waals surface area contributed by atoms with Crippen molar-refractivity contribution in [2.75, 3.05) is 19.7 Å². The van der Waals surface area contributed by atoms with Crippen molar-refractivity contribution in [1.82, 2.24) is 20.5 Å². The highest BCUT2D eigenvalue weighted by atomic mass is 16.6. The second-order valence-electron chi connectivity index (χ2n) is 6.59. The van der Waals surface area contributed by atoms with Gasteiger partial charge in [0.1, 0.15) is 11.4 Å². The predicted octanol–water partition coefficient (Wildman–Crippen LogP) is 0.288. The number of nitrogens with one attached hydrogen (secondary N) is 1. The van der Waals surface area contributed by atoms with Crippen LogP contribution in [0.1, 0.15) is 30.7 Å². The number of fused-ring (bicyclic) bond motifs is 1. The number of likely N-dealkylation sites (tertiary alicyclic amines) is 1. The van der Waals surface area contributed by atoms with Crippen molar-refractivity contribution in [3.63, 3.8) is 0 Å². The van der Waals surface area contributed by atoms with Gasteiger partial charge in [0.05, 0.1) is 24.6 Å². The van der Waals surface area contributed by atoms with E-state index < -0.39 is 0 Å². The van der Waals surface area contributed by atoms with Crippen molar-refractivity contribution in [2.24, 2.45) is 5.92 Å². The summed E-state index contributed by atoms with van der Waals surface area (Å²) in [6.07, 6.45) is 4.08. The monoisotopic (exact) mass is 306 g/mol. The molecule has 3 heterocycles. The first-order chi connectivity index (χ1) is 10.7. The van der Waals surface area contributed by atoms with E-state index in [1.165, 1.54) is 12.8 Å². The van der Waals surface area contributed by atoms with Crippen LogP contribution in [0.3, 0.4) is 0 Å². The van der Waals surface area contributed by atoms with Gasteiger partial charge in [-0.3, -0.25) is 9.69 Å². The molecule has 120 valence electrons. The first kappa shape index (κ1) is 14.1. The molecule has 7 nitrogen and oxygen atoms in total. The number of aromatic nitrogens is 2. The third kappa shape index (κ3) is 2.32. The maximum atomic E-state index is 12.3. The second-order valence-corrected chi connectivity index (χ2v) is 6.59. The minimum absolute atomic E-state index is 0.00153. The van der Waals surface area contributed by atoms with E-state index in [1.807, 2.05) is 0 Å². The molecule has 1 amide bonds. The van der Waals surface area contributed by atoms with Gasteiger partial charge >= 0.3 is 0 Å². The lowest BCUT2D eigenvalue weighted by molar-refractivity contribution is -0.128. The molecule has 1 aromatic rings. The summed E-state index contributed by atoms with van der Waals surface area (Å²) in [6.45, 7) is 4.86. The maximum absolute atomic E-state index is 12.3. The molecule has 0 spiro atoms. The minimum atomic E-state index is -0.00153. The molecule has 0 radical (unpaired) electrons. The van der Waals surface area contributed by atoms with Crippen LogP contribution < -0.4 is 5.32 Å². The van der Waals surface area contributed by atoms with Gasteiger partial charge in [0, 0.05) is 12.5 Å². The van der Waals surface area contributed by atoms with Gasteiger partial charge in [-0.15, -0.1) is 0 Å². The average Bonchev–Trinajstić information content (AvgIpc) is 3.21. The highest BCUT2D eigenvalue weighted by Gasteiger charge is 2.56. The van der Waals surface area contributed by atoms with Crippen LogP contribution in [0.5, 0.6) is 0 Å². The summed E-state index contributed by atoms with van der Waals surface area (Å²) in [7, 11) is 0. The van der Waals surface area contributed by atoms with E-state index in [1.54, 1.807) is 6.92 Å². The Morgan fingerprint density at radius 1 is 1.36 bits per heavy atom. The van der Waals surface area contributed by atoms with Crippen molar-refractivity contribution in [1.29, 1.82) is 0 Å². The van der Waals surface area contributed by atoms with Crippen LogP contribution in [0, 0.1) is 12.8 Å². The standard InChI is InChI=1S/C15H22N4O3/c1-9-11(18-22-17-9)8-12(20)16-13-10-4-7-21-15(10)14(13)19-5-2-3-6-19/h10,13-15H,2-8H2,1H3,(H,16,20). The van der Waals surface area contributed by atoms with Crippen LogP contribution in [0.4, 0.5) is 0 Å². The van der Waals surface area contributed by atoms with Gasteiger partial charge in [0.25, 0.3) is 0 Å². The molecule has 1 aliphatic carbocycles. The molecule has 7 heteroatoms. The lowest BCUT2D eigenvalue weighted by Crippen LogP contribution is -2.70. The molecule has 2 saturated heterocycles. The molecule has 2 aliphatic heterocycles. The highest BCUT2D eigenvalue weighted by molar-refractivity contribution is 5.79. The number of nitrogens with zero attached hydrogens (tertiary/aromatic N) is 3. The number of rotatable bonds is 4. The Labute approximate surface area is 129 Å². The highest BCUT2D eigenvalue weighted by Crippen LogP contribution is 2.42. The molecular weight excluding hydrogens is 284 g/mol. The molecule has 4 rings (SSSR count). The largest absolute Gasteiger partial charge is 0.376 e. The van der Waals surface area contributed by atoms with Gasteiger partial charge in [-0.1, -0.05) is 10.3 Å². The van der Waals surface area contributed by atoms with Crippen molar-refractivity contribution in [2.45, 2.75) is 50.8 Å². The lowest BCUT2D eigenvalue weighted by Gasteiger charge is -2.51. The summed E-state index contributed by atoms with van der Waals surface area (Å²) in [4.78, 5) is 14.8. The first-order valence-corrected chi connectivity index (χ1v) is 8.17. The maximum Gasteiger partial charge on any atom is 0.226 e. The molecule has 1 saturated carbocycles. The van der Waals surface area contributed by atoms with Crippen molar-refractivity contribution >= 4 is 5.91 Å². The summed E-state index contributed by atoms with van der Waals surface area (Å²) in [6, 6.07) is 0.550. The molecule has 0 bridgehead atoms. The van der Waals surface area contributed by atoms with E-state index in [-0.39, 0.29) is 18.4 Å². The van der Waals surface area contributed by atoms with E-state index in [0.717, 1.165) is 26.1 Å². The van der Waals surface area contributed by atoms with Gasteiger partial charge < -0.3 is 10.1 Å². The molecule has 0 aromatic carbocycles. The van der Waals surface area contributed by atoms with Crippen LogP contribution >= 0.6 is 0 Å². The number of amides is 1. The van der Waals surface area contributed by atoms with Crippen LogP contribution in [-0.2, 0) is 16.0 Å². The summed E-state index contributed by atoms with van der Waals surface area (Å²) in [5.74, 6) is 0.462. The third-order valence-electron chi connectivity index (χ3n) is 5.31. The van der Waals surface area contributed by atoms with Crippen LogP contribution in [0.2, 0.25) is 0 Å². The van der Waals surface area contributed by atoms with E-state index >= 15 is 0 Å². The molecule has 4 atom stereocenters. The van der Waals surface area contributed by atoms with Crippen molar-refractivity contribution < 1.29 is 14.2 Å². The summed E-state index contributed by atoms with van der Waals surface area (Å²) in [5, 5.41) is 10.7. The van der Waals surface area contributed by atoms with E-state index in [2.05, 4.69) is 25.2 Å². The van der Waals surface area contributed by atoms with Gasteiger partial charge in [-0.05, 0) is 39.3 Å². The smallest absolute Gasteiger partial charge is 0.226 e. The van der Waals surface area contributed by atoms with Crippen LogP contribution in [-0.4, -0.2) is 59.0 Å². The number of hydrogen-bond acceptors (Lipinski definition) is 6. The fourth-order valence-electron chi connectivity index (χ4n) is 4.14. The van der Waals surface area contributed by atoms with E-state index in [9.17, 15) is 4.79 Å². The lowest BCUT2D eigenvalue weighted by atomic mass is 9.70. The van der Waals surface area contributed by atoms with Crippen molar-refractivity contribution in [3.8, 4) is 0 Å².